The molecule has 0 spiro atoms. The number of carbonyl (C=O) groups is 1. The number of nitrogens with zero attached hydrogens (tertiary/aromatic N) is 3. The van der Waals surface area contributed by atoms with E-state index in [9.17, 15) is 9.18 Å². The normalized spacial score (nSPS) is 15.0. The molecule has 1 N–H and O–H groups in total. The van der Waals surface area contributed by atoms with Gasteiger partial charge in [-0.25, -0.2) is 9.18 Å². The van der Waals surface area contributed by atoms with E-state index in [2.05, 4.69) is 15.4 Å². The van der Waals surface area contributed by atoms with E-state index in [0.717, 1.165) is 5.69 Å². The van der Waals surface area contributed by atoms with Gasteiger partial charge in [0.15, 0.2) is 5.82 Å². The largest absolute Gasteiger partial charge is 0.368 e. The first kappa shape index (κ1) is 14.4. The first-order valence-electron chi connectivity index (χ1n) is 7.11. The van der Waals surface area contributed by atoms with E-state index in [-0.39, 0.29) is 11.8 Å². The molecule has 0 atom stereocenters. The lowest BCUT2D eigenvalue weighted by Gasteiger charge is -2.35. The molecular formula is C15H17FN4O2. The van der Waals surface area contributed by atoms with Crippen LogP contribution in [0.3, 0.4) is 0 Å². The molecule has 1 aromatic heterocycles. The second-order valence-corrected chi connectivity index (χ2v) is 5.20. The molecule has 116 valence electrons. The van der Waals surface area contributed by atoms with Crippen LogP contribution in [0, 0.1) is 12.7 Å². The van der Waals surface area contributed by atoms with E-state index < -0.39 is 0 Å². The van der Waals surface area contributed by atoms with Crippen LogP contribution in [0.15, 0.2) is 34.9 Å². The van der Waals surface area contributed by atoms with Gasteiger partial charge in [0.25, 0.3) is 0 Å². The molecule has 6 nitrogen and oxygen atoms in total. The van der Waals surface area contributed by atoms with Gasteiger partial charge in [-0.15, -0.1) is 0 Å². The van der Waals surface area contributed by atoms with Crippen molar-refractivity contribution in [2.24, 2.45) is 0 Å². The predicted molar refractivity (Wildman–Crippen MR) is 80.4 cm³/mol. The zero-order chi connectivity index (χ0) is 15.5. The SMILES string of the molecule is Cc1cc(NC(=O)N2CCN(c3ccc(F)cc3)CC2)no1. The van der Waals surface area contributed by atoms with Crippen LogP contribution < -0.4 is 10.2 Å². The quantitative estimate of drug-likeness (QED) is 0.926. The van der Waals surface area contributed by atoms with Gasteiger partial charge in [-0.1, -0.05) is 5.16 Å². The average Bonchev–Trinajstić information content (AvgIpc) is 2.93. The van der Waals surface area contributed by atoms with E-state index in [1.54, 1.807) is 30.0 Å². The van der Waals surface area contributed by atoms with E-state index in [0.29, 0.717) is 37.8 Å². The molecule has 0 saturated carbocycles. The van der Waals surface area contributed by atoms with Gasteiger partial charge in [-0.2, -0.15) is 0 Å². The molecule has 2 heterocycles. The Morgan fingerprint density at radius 2 is 1.91 bits per heavy atom. The first-order chi connectivity index (χ1) is 10.6. The number of urea groups is 1. The van der Waals surface area contributed by atoms with Gasteiger partial charge < -0.3 is 14.3 Å². The van der Waals surface area contributed by atoms with Crippen molar-refractivity contribution in [1.82, 2.24) is 10.1 Å². The predicted octanol–water partition coefficient (Wildman–Crippen LogP) is 2.48. The summed E-state index contributed by atoms with van der Waals surface area (Å²) in [6.07, 6.45) is 0. The van der Waals surface area contributed by atoms with Crippen LogP contribution in [0.5, 0.6) is 0 Å². The summed E-state index contributed by atoms with van der Waals surface area (Å²) in [5.41, 5.74) is 0.966. The van der Waals surface area contributed by atoms with Crippen molar-refractivity contribution in [3.63, 3.8) is 0 Å². The Morgan fingerprint density at radius 3 is 2.50 bits per heavy atom. The van der Waals surface area contributed by atoms with Gasteiger partial charge in [-0.05, 0) is 31.2 Å². The molecule has 2 amide bonds. The van der Waals surface area contributed by atoms with Crippen molar-refractivity contribution in [2.45, 2.75) is 6.92 Å². The van der Waals surface area contributed by atoms with Crippen LogP contribution in [0.1, 0.15) is 5.76 Å². The minimum atomic E-state index is -0.246. The Balaban J connectivity index is 1.54. The van der Waals surface area contributed by atoms with Gasteiger partial charge >= 0.3 is 6.03 Å². The number of nitrogens with one attached hydrogen (secondary N) is 1. The minimum absolute atomic E-state index is 0.188. The highest BCUT2D eigenvalue weighted by Gasteiger charge is 2.22. The molecule has 0 radical (unpaired) electrons. The maximum absolute atomic E-state index is 12.9. The third kappa shape index (κ3) is 3.19. The first-order valence-corrected chi connectivity index (χ1v) is 7.11. The summed E-state index contributed by atoms with van der Waals surface area (Å²) in [6.45, 7) is 4.37. The highest BCUT2D eigenvalue weighted by atomic mass is 19.1. The van der Waals surface area contributed by atoms with E-state index in [1.165, 1.54) is 12.1 Å². The van der Waals surface area contributed by atoms with Crippen LogP contribution >= 0.6 is 0 Å². The molecule has 1 aliphatic rings. The number of piperazine rings is 1. The number of aromatic nitrogens is 1. The lowest BCUT2D eigenvalue weighted by molar-refractivity contribution is 0.208. The summed E-state index contributed by atoms with van der Waals surface area (Å²) in [7, 11) is 0. The smallest absolute Gasteiger partial charge is 0.323 e. The number of hydrogen-bond donors (Lipinski definition) is 1. The van der Waals surface area contributed by atoms with Crippen LogP contribution in [-0.4, -0.2) is 42.3 Å². The Morgan fingerprint density at radius 1 is 1.23 bits per heavy atom. The molecule has 0 bridgehead atoms. The second-order valence-electron chi connectivity index (χ2n) is 5.20. The fraction of sp³-hybridized carbons (Fsp3) is 0.333. The van der Waals surface area contributed by atoms with Crippen LogP contribution in [-0.2, 0) is 0 Å². The van der Waals surface area contributed by atoms with E-state index >= 15 is 0 Å². The minimum Gasteiger partial charge on any atom is -0.368 e. The topological polar surface area (TPSA) is 61.6 Å². The Hall–Kier alpha value is -2.57. The van der Waals surface area contributed by atoms with E-state index in [1.807, 2.05) is 0 Å². The lowest BCUT2D eigenvalue weighted by Crippen LogP contribution is -2.50. The summed E-state index contributed by atoms with van der Waals surface area (Å²) in [6, 6.07) is 7.88. The number of anilines is 2. The fourth-order valence-corrected chi connectivity index (χ4v) is 2.43. The van der Waals surface area contributed by atoms with Crippen molar-refractivity contribution in [2.75, 3.05) is 36.4 Å². The highest BCUT2D eigenvalue weighted by Crippen LogP contribution is 2.17. The van der Waals surface area contributed by atoms with Crippen molar-refractivity contribution in [3.8, 4) is 0 Å². The standard InChI is InChI=1S/C15H17FN4O2/c1-11-10-14(18-22-11)17-15(21)20-8-6-19(7-9-20)13-4-2-12(16)3-5-13/h2-5,10H,6-9H2,1H3,(H,17,18,21). The number of halogens is 1. The zero-order valence-corrected chi connectivity index (χ0v) is 12.3. The van der Waals surface area contributed by atoms with Crippen LogP contribution in [0.2, 0.25) is 0 Å². The number of hydrogen-bond acceptors (Lipinski definition) is 4. The molecule has 22 heavy (non-hydrogen) atoms. The van der Waals surface area contributed by atoms with E-state index in [4.69, 9.17) is 4.52 Å². The van der Waals surface area contributed by atoms with Gasteiger partial charge in [0.2, 0.25) is 0 Å². The molecule has 1 fully saturated rings. The Labute approximate surface area is 127 Å². The number of carbonyl (C=O) groups excluding carboxylic acids is 1. The van der Waals surface area contributed by atoms with Crippen molar-refractivity contribution >= 4 is 17.5 Å². The third-order valence-electron chi connectivity index (χ3n) is 3.62. The molecule has 1 aliphatic heterocycles. The summed E-state index contributed by atoms with van der Waals surface area (Å²) >= 11 is 0. The average molecular weight is 304 g/mol. The molecular weight excluding hydrogens is 287 g/mol. The molecule has 1 saturated heterocycles. The molecule has 0 aliphatic carbocycles. The van der Waals surface area contributed by atoms with Gasteiger partial charge in [0, 0.05) is 37.9 Å². The van der Waals surface area contributed by atoms with Crippen molar-refractivity contribution in [1.29, 1.82) is 0 Å². The molecule has 0 unspecified atom stereocenters. The number of aryl methyl sites for hydroxylation is 1. The van der Waals surface area contributed by atoms with Crippen molar-refractivity contribution < 1.29 is 13.7 Å². The van der Waals surface area contributed by atoms with Crippen LogP contribution in [0.25, 0.3) is 0 Å². The maximum atomic E-state index is 12.9. The summed E-state index contributed by atoms with van der Waals surface area (Å²) in [5.74, 6) is 0.824. The fourth-order valence-electron chi connectivity index (χ4n) is 2.43. The Kier molecular flexibility index (Phi) is 3.95. The molecule has 7 heteroatoms. The monoisotopic (exact) mass is 304 g/mol. The summed E-state index contributed by atoms with van der Waals surface area (Å²) < 4.78 is 17.9. The van der Waals surface area contributed by atoms with Gasteiger partial charge in [0.05, 0.1) is 0 Å². The Bertz CT molecular complexity index is 648. The lowest BCUT2D eigenvalue weighted by atomic mass is 10.2. The van der Waals surface area contributed by atoms with Crippen LogP contribution in [0.4, 0.5) is 20.7 Å². The summed E-state index contributed by atoms with van der Waals surface area (Å²) in [4.78, 5) is 16.0. The zero-order valence-electron chi connectivity index (χ0n) is 12.3. The molecule has 3 rings (SSSR count). The van der Waals surface area contributed by atoms with Crippen molar-refractivity contribution in [3.05, 3.63) is 41.9 Å². The highest BCUT2D eigenvalue weighted by molar-refractivity contribution is 5.88. The molecule has 1 aromatic carbocycles. The number of rotatable bonds is 2. The van der Waals surface area contributed by atoms with Gasteiger partial charge in [-0.3, -0.25) is 5.32 Å². The second kappa shape index (κ2) is 6.05. The van der Waals surface area contributed by atoms with Gasteiger partial charge in [0.1, 0.15) is 11.6 Å². The molecule has 2 aromatic rings. The number of amides is 2. The summed E-state index contributed by atoms with van der Waals surface area (Å²) in [5, 5.41) is 6.45. The maximum Gasteiger partial charge on any atom is 0.323 e. The number of benzene rings is 1. The third-order valence-corrected chi connectivity index (χ3v) is 3.62.